The summed E-state index contributed by atoms with van der Waals surface area (Å²) in [5, 5.41) is 14.0. The van der Waals surface area contributed by atoms with E-state index in [-0.39, 0.29) is 5.75 Å². The third-order valence-corrected chi connectivity index (χ3v) is 2.87. The van der Waals surface area contributed by atoms with Crippen LogP contribution in [0, 0.1) is 0 Å². The van der Waals surface area contributed by atoms with Gasteiger partial charge in [0, 0.05) is 21.2 Å². The Labute approximate surface area is 125 Å². The van der Waals surface area contributed by atoms with Crippen LogP contribution in [0.15, 0.2) is 47.6 Å². The fraction of sp³-hybridized carbons (Fsp3) is 0. The first-order valence-electron chi connectivity index (χ1n) is 5.64. The lowest BCUT2D eigenvalue weighted by Crippen LogP contribution is -2.17. The van der Waals surface area contributed by atoms with Crippen LogP contribution in [0.25, 0.3) is 0 Å². The fourth-order valence-corrected chi connectivity index (χ4v) is 2.03. The predicted octanol–water partition coefficient (Wildman–Crippen LogP) is 3.46. The molecule has 2 N–H and O–H groups in total. The highest BCUT2D eigenvalue weighted by Crippen LogP contribution is 2.19. The Morgan fingerprint density at radius 2 is 1.80 bits per heavy atom. The van der Waals surface area contributed by atoms with Crippen molar-refractivity contribution in [2.24, 2.45) is 5.10 Å². The molecule has 2 rings (SSSR count). The number of carbonyl (C=O) groups is 1. The molecule has 0 unspecified atom stereocenters. The van der Waals surface area contributed by atoms with Crippen molar-refractivity contribution < 1.29 is 9.90 Å². The number of nitrogens with zero attached hydrogens (tertiary/aromatic N) is 1. The predicted molar refractivity (Wildman–Crippen MR) is 79.6 cm³/mol. The first kappa shape index (κ1) is 14.4. The van der Waals surface area contributed by atoms with Crippen molar-refractivity contribution in [3.63, 3.8) is 0 Å². The topological polar surface area (TPSA) is 61.7 Å². The summed E-state index contributed by atoms with van der Waals surface area (Å²) >= 11 is 11.6. The number of nitrogens with one attached hydrogen (secondary N) is 1. The van der Waals surface area contributed by atoms with Crippen molar-refractivity contribution in [3.05, 3.63) is 63.6 Å². The van der Waals surface area contributed by atoms with E-state index in [9.17, 15) is 9.90 Å². The summed E-state index contributed by atoms with van der Waals surface area (Å²) in [5.74, 6) is -0.364. The molecule has 102 valence electrons. The Balaban J connectivity index is 2.07. The van der Waals surface area contributed by atoms with Gasteiger partial charge in [-0.05, 0) is 30.3 Å². The number of benzene rings is 2. The van der Waals surface area contributed by atoms with Crippen molar-refractivity contribution in [2.75, 3.05) is 0 Å². The minimum absolute atomic E-state index is 0.0799. The molecule has 0 radical (unpaired) electrons. The summed E-state index contributed by atoms with van der Waals surface area (Å²) in [5.41, 5.74) is 3.13. The van der Waals surface area contributed by atoms with Crippen molar-refractivity contribution in [3.8, 4) is 5.75 Å². The maximum Gasteiger partial charge on any atom is 0.271 e. The molecule has 0 aliphatic rings. The monoisotopic (exact) mass is 308 g/mol. The molecule has 0 bridgehead atoms. The van der Waals surface area contributed by atoms with Crippen LogP contribution < -0.4 is 5.43 Å². The fourth-order valence-electron chi connectivity index (χ4n) is 1.51. The summed E-state index contributed by atoms with van der Waals surface area (Å²) in [6.07, 6.45) is 1.35. The van der Waals surface area contributed by atoms with E-state index in [1.165, 1.54) is 30.5 Å². The Kier molecular flexibility index (Phi) is 4.61. The Hall–Kier alpha value is -2.04. The molecule has 0 aliphatic carbocycles. The van der Waals surface area contributed by atoms with Crippen molar-refractivity contribution in [1.29, 1.82) is 0 Å². The van der Waals surface area contributed by atoms with Crippen molar-refractivity contribution in [2.45, 2.75) is 0 Å². The maximum atomic E-state index is 11.8. The molecule has 0 saturated heterocycles. The molecule has 6 heteroatoms. The van der Waals surface area contributed by atoms with Gasteiger partial charge in [0.15, 0.2) is 0 Å². The van der Waals surface area contributed by atoms with Gasteiger partial charge in [-0.3, -0.25) is 4.79 Å². The largest absolute Gasteiger partial charge is 0.507 e. The first-order chi connectivity index (χ1) is 9.56. The SMILES string of the molecule is O=C(N/N=C/c1ccccc1O)c1cc(Cl)cc(Cl)c1. The Bertz CT molecular complexity index is 652. The summed E-state index contributed by atoms with van der Waals surface area (Å²) < 4.78 is 0. The normalized spacial score (nSPS) is 10.7. The Morgan fingerprint density at radius 1 is 1.15 bits per heavy atom. The number of para-hydroxylation sites is 1. The second kappa shape index (κ2) is 6.41. The summed E-state index contributed by atoms with van der Waals surface area (Å²) in [6, 6.07) is 11.1. The summed E-state index contributed by atoms with van der Waals surface area (Å²) in [6.45, 7) is 0. The lowest BCUT2D eigenvalue weighted by molar-refractivity contribution is 0.0955. The number of halogens is 2. The van der Waals surface area contributed by atoms with Gasteiger partial charge in [0.25, 0.3) is 5.91 Å². The smallest absolute Gasteiger partial charge is 0.271 e. The lowest BCUT2D eigenvalue weighted by atomic mass is 10.2. The van der Waals surface area contributed by atoms with Crippen molar-refractivity contribution in [1.82, 2.24) is 5.43 Å². The van der Waals surface area contributed by atoms with Gasteiger partial charge in [0.2, 0.25) is 0 Å². The number of hydrazone groups is 1. The van der Waals surface area contributed by atoms with Crippen LogP contribution in [0.1, 0.15) is 15.9 Å². The quantitative estimate of drug-likeness (QED) is 0.674. The average Bonchev–Trinajstić information content (AvgIpc) is 2.39. The minimum Gasteiger partial charge on any atom is -0.507 e. The van der Waals surface area contributed by atoms with Crippen molar-refractivity contribution >= 4 is 35.3 Å². The third kappa shape index (κ3) is 3.73. The number of carbonyl (C=O) groups excluding carboxylic acids is 1. The number of aromatic hydroxyl groups is 1. The van der Waals surface area contributed by atoms with Crippen LogP contribution >= 0.6 is 23.2 Å². The zero-order chi connectivity index (χ0) is 14.5. The van der Waals surface area contributed by atoms with Gasteiger partial charge in [-0.25, -0.2) is 5.43 Å². The van der Waals surface area contributed by atoms with Crippen LogP contribution in [0.4, 0.5) is 0 Å². The molecule has 4 nitrogen and oxygen atoms in total. The number of rotatable bonds is 3. The highest BCUT2D eigenvalue weighted by molar-refractivity contribution is 6.35. The molecule has 2 aromatic rings. The first-order valence-corrected chi connectivity index (χ1v) is 6.39. The van der Waals surface area contributed by atoms with E-state index in [2.05, 4.69) is 10.5 Å². The maximum absolute atomic E-state index is 11.8. The van der Waals surface area contributed by atoms with E-state index in [0.717, 1.165) is 0 Å². The second-order valence-electron chi connectivity index (χ2n) is 3.92. The van der Waals surface area contributed by atoms with Crippen LogP contribution in [-0.4, -0.2) is 17.2 Å². The van der Waals surface area contributed by atoms with Crippen LogP contribution in [0.2, 0.25) is 10.0 Å². The van der Waals surface area contributed by atoms with Gasteiger partial charge in [0.05, 0.1) is 6.21 Å². The number of phenolic OH excluding ortho intramolecular Hbond substituents is 1. The van der Waals surface area contributed by atoms with Gasteiger partial charge in [0.1, 0.15) is 5.75 Å². The molecular weight excluding hydrogens is 299 g/mol. The molecule has 0 heterocycles. The van der Waals surface area contributed by atoms with E-state index < -0.39 is 5.91 Å². The molecule has 2 aromatic carbocycles. The van der Waals surface area contributed by atoms with Crippen LogP contribution in [-0.2, 0) is 0 Å². The summed E-state index contributed by atoms with van der Waals surface area (Å²) in [7, 11) is 0. The van der Waals surface area contributed by atoms with Crippen LogP contribution in [0.5, 0.6) is 5.75 Å². The van der Waals surface area contributed by atoms with Gasteiger partial charge in [-0.1, -0.05) is 35.3 Å². The van der Waals surface area contributed by atoms with Gasteiger partial charge >= 0.3 is 0 Å². The minimum atomic E-state index is -0.443. The average molecular weight is 309 g/mol. The molecule has 20 heavy (non-hydrogen) atoms. The molecule has 0 spiro atoms. The highest BCUT2D eigenvalue weighted by Gasteiger charge is 2.06. The molecule has 0 aliphatic heterocycles. The van der Waals surface area contributed by atoms with E-state index in [1.54, 1.807) is 18.2 Å². The number of phenols is 1. The zero-order valence-corrected chi connectivity index (χ0v) is 11.7. The zero-order valence-electron chi connectivity index (χ0n) is 10.2. The van der Waals surface area contributed by atoms with E-state index in [4.69, 9.17) is 23.2 Å². The Morgan fingerprint density at radius 3 is 2.45 bits per heavy atom. The molecule has 0 atom stereocenters. The number of amides is 1. The van der Waals surface area contributed by atoms with E-state index in [0.29, 0.717) is 21.2 Å². The molecule has 1 amide bonds. The number of hydrogen-bond acceptors (Lipinski definition) is 3. The highest BCUT2D eigenvalue weighted by atomic mass is 35.5. The lowest BCUT2D eigenvalue weighted by Gasteiger charge is -2.02. The van der Waals surface area contributed by atoms with Gasteiger partial charge in [-0.2, -0.15) is 5.10 Å². The molecule has 0 saturated carbocycles. The standard InChI is InChI=1S/C14H10Cl2N2O2/c15-11-5-10(6-12(16)7-11)14(20)18-17-8-9-3-1-2-4-13(9)19/h1-8,19H,(H,18,20)/b17-8+. The molecule has 0 aromatic heterocycles. The van der Waals surface area contributed by atoms with E-state index >= 15 is 0 Å². The number of hydrogen-bond donors (Lipinski definition) is 2. The van der Waals surface area contributed by atoms with Gasteiger partial charge in [-0.15, -0.1) is 0 Å². The molecular formula is C14H10Cl2N2O2. The van der Waals surface area contributed by atoms with E-state index in [1.807, 2.05) is 0 Å². The second-order valence-corrected chi connectivity index (χ2v) is 4.79. The molecule has 0 fully saturated rings. The third-order valence-electron chi connectivity index (χ3n) is 2.43. The van der Waals surface area contributed by atoms with Crippen LogP contribution in [0.3, 0.4) is 0 Å². The van der Waals surface area contributed by atoms with Gasteiger partial charge < -0.3 is 5.11 Å². The summed E-state index contributed by atoms with van der Waals surface area (Å²) in [4.78, 5) is 11.8.